The van der Waals surface area contributed by atoms with E-state index < -0.39 is 16.0 Å². The van der Waals surface area contributed by atoms with Crippen molar-refractivity contribution in [3.05, 3.63) is 58.8 Å². The van der Waals surface area contributed by atoms with Crippen molar-refractivity contribution in [2.45, 2.75) is 18.4 Å². The summed E-state index contributed by atoms with van der Waals surface area (Å²) in [6.45, 7) is 1.58. The third kappa shape index (κ3) is 3.95. The monoisotopic (exact) mass is 378 g/mol. The van der Waals surface area contributed by atoms with Crippen LogP contribution in [0.2, 0.25) is 0 Å². The zero-order chi connectivity index (χ0) is 18.0. The Labute approximate surface area is 148 Å². The molecule has 0 saturated carbocycles. The first-order chi connectivity index (χ1) is 11.8. The van der Waals surface area contributed by atoms with Crippen LogP contribution in [0, 0.1) is 6.92 Å². The van der Waals surface area contributed by atoms with Gasteiger partial charge in [0.05, 0.1) is 15.3 Å². The minimum Gasteiger partial charge on any atom is -0.455 e. The van der Waals surface area contributed by atoms with Crippen LogP contribution in [0.25, 0.3) is 10.8 Å². The molecule has 9 heteroatoms. The zero-order valence-electron chi connectivity index (χ0n) is 13.1. The Morgan fingerprint density at radius 3 is 2.84 bits per heavy atom. The lowest BCUT2D eigenvalue weighted by Gasteiger charge is -2.07. The molecule has 0 bridgehead atoms. The molecule has 0 radical (unpaired) electrons. The van der Waals surface area contributed by atoms with Gasteiger partial charge in [-0.25, -0.2) is 23.3 Å². The summed E-state index contributed by atoms with van der Waals surface area (Å²) in [7, 11) is -3.90. The Bertz CT molecular complexity index is 1010. The van der Waals surface area contributed by atoms with Crippen molar-refractivity contribution in [2.24, 2.45) is 5.14 Å². The van der Waals surface area contributed by atoms with Gasteiger partial charge in [-0.1, -0.05) is 12.1 Å². The van der Waals surface area contributed by atoms with Crippen molar-refractivity contribution in [3.8, 4) is 10.8 Å². The number of benzene rings is 1. The number of oxazole rings is 1. The fourth-order valence-electron chi connectivity index (χ4n) is 2.10. The summed E-state index contributed by atoms with van der Waals surface area (Å²) in [4.78, 5) is 17.2. The van der Waals surface area contributed by atoms with Crippen LogP contribution in [0.5, 0.6) is 0 Å². The fraction of sp³-hybridized carbons (Fsp3) is 0.125. The van der Waals surface area contributed by atoms with Gasteiger partial charge < -0.3 is 9.15 Å². The Kier molecular flexibility index (Phi) is 4.71. The second kappa shape index (κ2) is 6.79. The molecular weight excluding hydrogens is 364 g/mol. The lowest BCUT2D eigenvalue weighted by molar-refractivity contribution is 0.0466. The summed E-state index contributed by atoms with van der Waals surface area (Å²) in [5.74, 6) is -0.211. The second-order valence-corrected chi connectivity index (χ2v) is 7.73. The minimum atomic E-state index is -3.90. The molecule has 2 N–H and O–H groups in total. The van der Waals surface area contributed by atoms with Crippen LogP contribution in [-0.4, -0.2) is 19.4 Å². The smallest absolute Gasteiger partial charge is 0.338 e. The van der Waals surface area contributed by atoms with E-state index in [1.54, 1.807) is 6.92 Å². The van der Waals surface area contributed by atoms with Crippen LogP contribution < -0.4 is 5.14 Å². The molecule has 0 fully saturated rings. The molecule has 1 aromatic carbocycles. The number of thiophene rings is 1. The van der Waals surface area contributed by atoms with Crippen LogP contribution >= 0.6 is 11.3 Å². The highest BCUT2D eigenvalue weighted by atomic mass is 32.2. The molecule has 7 nitrogen and oxygen atoms in total. The topological polar surface area (TPSA) is 112 Å². The third-order valence-corrected chi connectivity index (χ3v) is 5.16. The maximum Gasteiger partial charge on any atom is 0.338 e. The van der Waals surface area contributed by atoms with Gasteiger partial charge in [-0.05, 0) is 36.1 Å². The van der Waals surface area contributed by atoms with E-state index in [-0.39, 0.29) is 17.1 Å². The number of aromatic nitrogens is 1. The molecule has 0 aliphatic rings. The van der Waals surface area contributed by atoms with Crippen molar-refractivity contribution >= 4 is 27.3 Å². The summed E-state index contributed by atoms with van der Waals surface area (Å²) < 4.78 is 33.4. The number of rotatable bonds is 5. The van der Waals surface area contributed by atoms with E-state index in [0.29, 0.717) is 17.1 Å². The van der Waals surface area contributed by atoms with Gasteiger partial charge in [0, 0.05) is 0 Å². The van der Waals surface area contributed by atoms with Crippen molar-refractivity contribution in [1.82, 2.24) is 4.98 Å². The molecule has 25 heavy (non-hydrogen) atoms. The van der Waals surface area contributed by atoms with Crippen LogP contribution in [0.3, 0.4) is 0 Å². The molecule has 3 aromatic rings. The number of hydrogen-bond donors (Lipinski definition) is 1. The van der Waals surface area contributed by atoms with Gasteiger partial charge in [-0.3, -0.25) is 0 Å². The van der Waals surface area contributed by atoms with E-state index in [2.05, 4.69) is 4.98 Å². The van der Waals surface area contributed by atoms with E-state index in [4.69, 9.17) is 14.3 Å². The lowest BCUT2D eigenvalue weighted by Crippen LogP contribution is -2.14. The molecule has 130 valence electrons. The first-order valence-electron chi connectivity index (χ1n) is 7.13. The molecule has 0 atom stereocenters. The highest BCUT2D eigenvalue weighted by Crippen LogP contribution is 2.24. The van der Waals surface area contributed by atoms with Gasteiger partial charge in [0.1, 0.15) is 18.6 Å². The SMILES string of the molecule is Cc1ccc(S(N)(=O)=O)cc1C(=O)OCc1coc(-c2cccs2)n1. The summed E-state index contributed by atoms with van der Waals surface area (Å²) in [5, 5.41) is 6.99. The fourth-order valence-corrected chi connectivity index (χ4v) is 3.30. The largest absolute Gasteiger partial charge is 0.455 e. The van der Waals surface area contributed by atoms with Gasteiger partial charge in [0.2, 0.25) is 15.9 Å². The van der Waals surface area contributed by atoms with E-state index in [1.807, 2.05) is 17.5 Å². The van der Waals surface area contributed by atoms with Gasteiger partial charge in [0.15, 0.2) is 0 Å². The summed E-state index contributed by atoms with van der Waals surface area (Å²) in [6.07, 6.45) is 1.41. The van der Waals surface area contributed by atoms with Gasteiger partial charge in [-0.15, -0.1) is 11.3 Å². The number of aryl methyl sites for hydroxylation is 1. The maximum atomic E-state index is 12.2. The first kappa shape index (κ1) is 17.3. The van der Waals surface area contributed by atoms with Crippen molar-refractivity contribution in [1.29, 1.82) is 0 Å². The summed E-state index contributed by atoms with van der Waals surface area (Å²) >= 11 is 1.48. The van der Waals surface area contributed by atoms with Crippen molar-refractivity contribution in [2.75, 3.05) is 0 Å². The minimum absolute atomic E-state index is 0.0905. The van der Waals surface area contributed by atoms with Crippen LogP contribution in [0.4, 0.5) is 0 Å². The molecule has 0 aliphatic heterocycles. The normalized spacial score (nSPS) is 11.4. The van der Waals surface area contributed by atoms with E-state index in [1.165, 1.54) is 35.8 Å². The Morgan fingerprint density at radius 2 is 2.16 bits per heavy atom. The zero-order valence-corrected chi connectivity index (χ0v) is 14.8. The second-order valence-electron chi connectivity index (χ2n) is 5.22. The molecule has 0 unspecified atom stereocenters. The molecule has 0 saturated heterocycles. The predicted octanol–water partition coefficient (Wildman–Crippen LogP) is 2.72. The number of nitrogens with zero attached hydrogens (tertiary/aromatic N) is 1. The van der Waals surface area contributed by atoms with Gasteiger partial charge >= 0.3 is 5.97 Å². The maximum absolute atomic E-state index is 12.2. The van der Waals surface area contributed by atoms with E-state index in [0.717, 1.165) is 4.88 Å². The molecule has 2 aromatic heterocycles. The van der Waals surface area contributed by atoms with Gasteiger partial charge in [0.25, 0.3) is 0 Å². The number of carbonyl (C=O) groups is 1. The average Bonchev–Trinajstić information content (AvgIpc) is 3.23. The first-order valence-corrected chi connectivity index (χ1v) is 9.56. The number of sulfonamides is 1. The van der Waals surface area contributed by atoms with Crippen molar-refractivity contribution in [3.63, 3.8) is 0 Å². The van der Waals surface area contributed by atoms with Crippen LogP contribution in [0.15, 0.2) is 51.3 Å². The lowest BCUT2D eigenvalue weighted by atomic mass is 10.1. The number of primary sulfonamides is 1. The standard InChI is InChI=1S/C16H14N2O5S2/c1-10-4-5-12(25(17,20)21)7-13(10)16(19)23-9-11-8-22-15(18-11)14-3-2-6-24-14/h2-8H,9H2,1H3,(H2,17,20,21). The number of ether oxygens (including phenoxy) is 1. The predicted molar refractivity (Wildman–Crippen MR) is 91.5 cm³/mol. The molecule has 2 heterocycles. The number of esters is 1. The average molecular weight is 378 g/mol. The van der Waals surface area contributed by atoms with E-state index in [9.17, 15) is 13.2 Å². The van der Waals surface area contributed by atoms with Crippen molar-refractivity contribution < 1.29 is 22.4 Å². The highest BCUT2D eigenvalue weighted by molar-refractivity contribution is 7.89. The Hall–Kier alpha value is -2.49. The molecule has 0 amide bonds. The quantitative estimate of drug-likeness (QED) is 0.683. The number of nitrogens with two attached hydrogens (primary N) is 1. The summed E-state index contributed by atoms with van der Waals surface area (Å²) in [6, 6.07) is 7.79. The highest BCUT2D eigenvalue weighted by Gasteiger charge is 2.17. The Balaban J connectivity index is 1.73. The summed E-state index contributed by atoms with van der Waals surface area (Å²) in [5.41, 5.74) is 1.17. The molecular formula is C16H14N2O5S2. The van der Waals surface area contributed by atoms with E-state index >= 15 is 0 Å². The van der Waals surface area contributed by atoms with Gasteiger partial charge in [-0.2, -0.15) is 0 Å². The number of hydrogen-bond acceptors (Lipinski definition) is 7. The van der Waals surface area contributed by atoms with Crippen LogP contribution in [0.1, 0.15) is 21.6 Å². The van der Waals surface area contributed by atoms with Crippen LogP contribution in [-0.2, 0) is 21.4 Å². The Morgan fingerprint density at radius 1 is 1.36 bits per heavy atom. The number of carbonyl (C=O) groups excluding carboxylic acids is 1. The molecule has 0 aliphatic carbocycles. The third-order valence-electron chi connectivity index (χ3n) is 3.39. The molecule has 0 spiro atoms. The molecule has 3 rings (SSSR count).